The van der Waals surface area contributed by atoms with Gasteiger partial charge in [-0.05, 0) is 138 Å². The van der Waals surface area contributed by atoms with Crippen LogP contribution in [0.25, 0.3) is 123 Å². The van der Waals surface area contributed by atoms with Gasteiger partial charge in [0.25, 0.3) is 0 Å². The quantitative estimate of drug-likeness (QED) is 0.143. The van der Waals surface area contributed by atoms with Gasteiger partial charge in [-0.15, -0.1) is 0 Å². The van der Waals surface area contributed by atoms with Crippen LogP contribution in [0.15, 0.2) is 218 Å². The first-order valence-electron chi connectivity index (χ1n) is 26.0. The predicted molar refractivity (Wildman–Crippen MR) is 306 cm³/mol. The van der Waals surface area contributed by atoms with Crippen molar-refractivity contribution in [3.8, 4) is 78.9 Å². The van der Waals surface area contributed by atoms with E-state index in [9.17, 15) is 26.3 Å². The molecule has 0 saturated carbocycles. The van der Waals surface area contributed by atoms with Crippen molar-refractivity contribution in [1.29, 1.82) is 0 Å². The lowest BCUT2D eigenvalue weighted by molar-refractivity contribution is -0.138. The molecule has 0 radical (unpaired) electrons. The zero-order valence-electron chi connectivity index (χ0n) is 43.4. The number of fused-ring (bicyclic) bond motifs is 6. The fourth-order valence-corrected chi connectivity index (χ4v) is 11.3. The van der Waals surface area contributed by atoms with Crippen molar-refractivity contribution in [2.75, 3.05) is 0 Å². The van der Waals surface area contributed by atoms with E-state index in [1.807, 2.05) is 95.6 Å². The summed E-state index contributed by atoms with van der Waals surface area (Å²) in [6.45, 7) is 3.19. The van der Waals surface area contributed by atoms with Crippen LogP contribution in [0.4, 0.5) is 39.5 Å². The molecule has 0 atom stereocenters. The number of aryl methyl sites for hydroxylation is 2. The van der Waals surface area contributed by atoms with E-state index in [-0.39, 0.29) is 22.6 Å². The molecule has 0 bridgehead atoms. The van der Waals surface area contributed by atoms with Crippen molar-refractivity contribution < 1.29 is 39.5 Å². The van der Waals surface area contributed by atoms with Crippen molar-refractivity contribution in [1.82, 2.24) is 24.1 Å². The van der Waals surface area contributed by atoms with Gasteiger partial charge in [0, 0.05) is 49.4 Å². The molecule has 402 valence electrons. The Hall–Kier alpha value is -9.82. The number of hydrogen-bond donors (Lipinski definition) is 0. The molecule has 10 aromatic carbocycles. The molecule has 13 aromatic rings. The zero-order chi connectivity index (χ0) is 56.8. The maximum Gasteiger partial charge on any atom is 0.417 e. The summed E-state index contributed by atoms with van der Waals surface area (Å²) >= 11 is 0. The number of alkyl halides is 9. The normalized spacial score (nSPS) is 12.3. The second-order valence-corrected chi connectivity index (χ2v) is 20.3. The molecule has 14 heteroatoms. The van der Waals surface area contributed by atoms with E-state index in [1.165, 1.54) is 6.07 Å². The van der Waals surface area contributed by atoms with Gasteiger partial charge < -0.3 is 9.13 Å². The molecule has 0 amide bonds. The molecule has 3 heterocycles. The highest BCUT2D eigenvalue weighted by atomic mass is 19.4. The third kappa shape index (κ3) is 9.19. The highest BCUT2D eigenvalue weighted by Gasteiger charge is 2.37. The lowest BCUT2D eigenvalue weighted by Gasteiger charge is -2.23. The number of hydrogen-bond acceptors (Lipinski definition) is 3. The van der Waals surface area contributed by atoms with Gasteiger partial charge in [0.15, 0.2) is 17.5 Å². The van der Waals surface area contributed by atoms with Crippen molar-refractivity contribution in [2.45, 2.75) is 32.4 Å². The van der Waals surface area contributed by atoms with Crippen LogP contribution in [0.2, 0.25) is 0 Å². The number of nitrogens with zero attached hydrogens (tertiary/aromatic N) is 5. The Morgan fingerprint density at radius 3 is 1.21 bits per heavy atom. The van der Waals surface area contributed by atoms with Gasteiger partial charge in [-0.3, -0.25) is 0 Å². The molecule has 0 saturated heterocycles. The maximum absolute atomic E-state index is 16.4. The molecule has 5 nitrogen and oxygen atoms in total. The Labute approximate surface area is 462 Å². The average Bonchev–Trinajstić information content (AvgIpc) is 4.22. The summed E-state index contributed by atoms with van der Waals surface area (Å²) in [7, 11) is 0. The Morgan fingerprint density at radius 2 is 0.732 bits per heavy atom. The van der Waals surface area contributed by atoms with Crippen LogP contribution in [-0.2, 0) is 18.5 Å². The Kier molecular flexibility index (Phi) is 12.3. The number of halogens is 9. The number of benzene rings is 10. The van der Waals surface area contributed by atoms with E-state index >= 15 is 13.2 Å². The van der Waals surface area contributed by atoms with E-state index in [0.717, 1.165) is 30.3 Å². The number of aromatic nitrogens is 5. The zero-order valence-corrected chi connectivity index (χ0v) is 43.4. The monoisotopic (exact) mass is 1100 g/mol. The average molecular weight is 1100 g/mol. The largest absolute Gasteiger partial charge is 0.417 e. The standard InChI is InChI=1S/C68H42F9N5/c1-39-30-46(34-48(32-39)66(69,70)71)43-24-27-58-52(36-43)50-18-9-11-21-56(50)81(58)60-29-26-45(65-79-63(41-14-5-3-6-15-41)78-64(80-65)42-16-7-4-8-17-42)38-54(60)62-55(68(75,76)77)20-13-23-61(62)82-57-22-12-10-19-51(57)53-37-44(25-28-59(53)82)47-31-40(2)33-49(35-47)67(72,73)74/h3-38H,1-2H3. The summed E-state index contributed by atoms with van der Waals surface area (Å²) in [5.74, 6) is 0.820. The van der Waals surface area contributed by atoms with Crippen molar-refractivity contribution in [3.63, 3.8) is 0 Å². The van der Waals surface area contributed by atoms with Crippen LogP contribution >= 0.6 is 0 Å². The van der Waals surface area contributed by atoms with Crippen molar-refractivity contribution >= 4 is 43.6 Å². The fraction of sp³-hybridized carbons (Fsp3) is 0.0735. The maximum atomic E-state index is 16.4. The first-order chi connectivity index (χ1) is 39.4. The van der Waals surface area contributed by atoms with Gasteiger partial charge in [-0.1, -0.05) is 127 Å². The van der Waals surface area contributed by atoms with Crippen LogP contribution in [-0.4, -0.2) is 24.1 Å². The minimum Gasteiger partial charge on any atom is -0.309 e. The molecule has 0 unspecified atom stereocenters. The van der Waals surface area contributed by atoms with E-state index in [1.54, 1.807) is 109 Å². The summed E-state index contributed by atoms with van der Waals surface area (Å²) < 4.78 is 138. The predicted octanol–water partition coefficient (Wildman–Crippen LogP) is 19.7. The molecule has 0 aliphatic carbocycles. The summed E-state index contributed by atoms with van der Waals surface area (Å²) in [6, 6.07) is 60.4. The third-order valence-electron chi connectivity index (χ3n) is 14.9. The second kappa shape index (κ2) is 19.5. The van der Waals surface area contributed by atoms with E-state index in [0.29, 0.717) is 111 Å². The van der Waals surface area contributed by atoms with E-state index < -0.39 is 35.2 Å². The molecule has 82 heavy (non-hydrogen) atoms. The summed E-state index contributed by atoms with van der Waals surface area (Å²) in [5, 5.41) is 2.55. The molecule has 3 aromatic heterocycles. The Morgan fingerprint density at radius 1 is 0.305 bits per heavy atom. The van der Waals surface area contributed by atoms with Crippen LogP contribution < -0.4 is 0 Å². The van der Waals surface area contributed by atoms with Crippen LogP contribution in [0.3, 0.4) is 0 Å². The molecule has 0 aliphatic rings. The highest BCUT2D eigenvalue weighted by molar-refractivity contribution is 6.13. The molecule has 0 fully saturated rings. The van der Waals surface area contributed by atoms with Crippen molar-refractivity contribution in [2.24, 2.45) is 0 Å². The molecule has 0 spiro atoms. The first-order valence-corrected chi connectivity index (χ1v) is 26.0. The van der Waals surface area contributed by atoms with Gasteiger partial charge in [-0.2, -0.15) is 39.5 Å². The van der Waals surface area contributed by atoms with Crippen LogP contribution in [0.5, 0.6) is 0 Å². The summed E-state index contributed by atoms with van der Waals surface area (Å²) in [4.78, 5) is 14.8. The van der Waals surface area contributed by atoms with Gasteiger partial charge in [-0.25, -0.2) is 15.0 Å². The first kappa shape index (κ1) is 51.6. The van der Waals surface area contributed by atoms with E-state index in [4.69, 9.17) is 15.0 Å². The SMILES string of the molecule is Cc1cc(-c2ccc3c(c2)c2ccccc2n3-c2ccc(-c3nc(-c4ccccc4)nc(-c4ccccc4)n3)cc2-c2c(-n3c4ccccc4c4cc(-c5cc(C)cc(C(F)(F)F)c5)ccc43)cccc2C(F)(F)F)cc(C(F)(F)F)c1. The number of rotatable bonds is 8. The topological polar surface area (TPSA) is 48.5 Å². The molecular weight excluding hydrogens is 1060 g/mol. The minimum absolute atomic E-state index is 0.116. The highest BCUT2D eigenvalue weighted by Crippen LogP contribution is 2.48. The second-order valence-electron chi connectivity index (χ2n) is 20.3. The lowest BCUT2D eigenvalue weighted by atomic mass is 9.93. The third-order valence-corrected chi connectivity index (χ3v) is 14.9. The van der Waals surface area contributed by atoms with Gasteiger partial charge >= 0.3 is 18.5 Å². The summed E-state index contributed by atoms with van der Waals surface area (Å²) in [6.07, 6.45) is -14.2. The fourth-order valence-electron chi connectivity index (χ4n) is 11.3. The smallest absolute Gasteiger partial charge is 0.309 e. The van der Waals surface area contributed by atoms with Gasteiger partial charge in [0.2, 0.25) is 0 Å². The van der Waals surface area contributed by atoms with E-state index in [2.05, 4.69) is 0 Å². The van der Waals surface area contributed by atoms with Gasteiger partial charge in [0.1, 0.15) is 0 Å². The van der Waals surface area contributed by atoms with Crippen LogP contribution in [0.1, 0.15) is 27.8 Å². The van der Waals surface area contributed by atoms with Crippen molar-refractivity contribution in [3.05, 3.63) is 246 Å². The number of para-hydroxylation sites is 2. The molecule has 0 N–H and O–H groups in total. The lowest BCUT2D eigenvalue weighted by Crippen LogP contribution is -2.11. The Bertz CT molecular complexity index is 4610. The Balaban J connectivity index is 1.11. The molecule has 13 rings (SSSR count). The minimum atomic E-state index is -4.96. The van der Waals surface area contributed by atoms with Gasteiger partial charge in [0.05, 0.1) is 50.1 Å². The van der Waals surface area contributed by atoms with Crippen LogP contribution in [0, 0.1) is 13.8 Å². The molecule has 0 aliphatic heterocycles. The summed E-state index contributed by atoms with van der Waals surface area (Å²) in [5.41, 5.74) is 4.09. The molecular formula is C68H42F9N5.